The van der Waals surface area contributed by atoms with Crippen molar-refractivity contribution in [2.45, 2.75) is 31.3 Å². The van der Waals surface area contributed by atoms with Gasteiger partial charge in [0.25, 0.3) is 0 Å². The SMILES string of the molecule is Cc1nnc(SCCC2CCN(C)CC2)nc1O. The van der Waals surface area contributed by atoms with Crippen LogP contribution in [0.25, 0.3) is 0 Å². The number of likely N-dealkylation sites (tertiary alicyclic amines) is 1. The van der Waals surface area contributed by atoms with Gasteiger partial charge in [-0.2, -0.15) is 4.98 Å². The Bertz CT molecular complexity index is 394. The van der Waals surface area contributed by atoms with Gasteiger partial charge in [0.1, 0.15) is 5.69 Å². The summed E-state index contributed by atoms with van der Waals surface area (Å²) in [6, 6.07) is 0. The molecule has 0 bridgehead atoms. The number of thioether (sulfide) groups is 1. The average Bonchev–Trinajstić information content (AvgIpc) is 2.36. The number of nitrogens with zero attached hydrogens (tertiary/aromatic N) is 4. The summed E-state index contributed by atoms with van der Waals surface area (Å²) >= 11 is 1.58. The van der Waals surface area contributed by atoms with E-state index in [1.54, 1.807) is 18.7 Å². The van der Waals surface area contributed by atoms with E-state index < -0.39 is 0 Å². The topological polar surface area (TPSA) is 62.1 Å². The van der Waals surface area contributed by atoms with Crippen LogP contribution in [0.2, 0.25) is 0 Å². The predicted molar refractivity (Wildman–Crippen MR) is 71.8 cm³/mol. The van der Waals surface area contributed by atoms with E-state index in [-0.39, 0.29) is 5.88 Å². The fourth-order valence-electron chi connectivity index (χ4n) is 2.09. The van der Waals surface area contributed by atoms with Gasteiger partial charge in [-0.15, -0.1) is 10.2 Å². The van der Waals surface area contributed by atoms with E-state index in [4.69, 9.17) is 0 Å². The Morgan fingerprint density at radius 3 is 2.72 bits per heavy atom. The van der Waals surface area contributed by atoms with Crippen molar-refractivity contribution in [3.05, 3.63) is 5.69 Å². The Labute approximate surface area is 112 Å². The first-order valence-corrected chi connectivity index (χ1v) is 7.35. The molecule has 0 amide bonds. The van der Waals surface area contributed by atoms with Crippen LogP contribution in [0, 0.1) is 12.8 Å². The van der Waals surface area contributed by atoms with Gasteiger partial charge in [0.05, 0.1) is 0 Å². The molecule has 2 heterocycles. The van der Waals surface area contributed by atoms with E-state index in [1.165, 1.54) is 32.4 Å². The van der Waals surface area contributed by atoms with Crippen LogP contribution in [-0.2, 0) is 0 Å². The number of hydrogen-bond donors (Lipinski definition) is 1. The smallest absolute Gasteiger partial charge is 0.237 e. The number of hydrogen-bond acceptors (Lipinski definition) is 6. The molecule has 0 spiro atoms. The van der Waals surface area contributed by atoms with Crippen molar-refractivity contribution in [2.24, 2.45) is 5.92 Å². The van der Waals surface area contributed by atoms with E-state index >= 15 is 0 Å². The third kappa shape index (κ3) is 3.81. The van der Waals surface area contributed by atoms with Crippen LogP contribution in [0.1, 0.15) is 25.0 Å². The highest BCUT2D eigenvalue weighted by atomic mass is 32.2. The molecule has 1 aliphatic rings. The van der Waals surface area contributed by atoms with Gasteiger partial charge < -0.3 is 10.0 Å². The van der Waals surface area contributed by atoms with E-state index in [9.17, 15) is 5.11 Å². The normalized spacial score (nSPS) is 18.1. The number of rotatable bonds is 4. The summed E-state index contributed by atoms with van der Waals surface area (Å²) in [4.78, 5) is 6.39. The maximum Gasteiger partial charge on any atom is 0.237 e. The number of aromatic nitrogens is 3. The first-order valence-electron chi connectivity index (χ1n) is 6.37. The van der Waals surface area contributed by atoms with Gasteiger partial charge in [0.2, 0.25) is 11.0 Å². The molecule has 100 valence electrons. The second-order valence-corrected chi connectivity index (χ2v) is 5.95. The minimum atomic E-state index is -0.00760. The molecule has 18 heavy (non-hydrogen) atoms. The molecule has 0 saturated carbocycles. The van der Waals surface area contributed by atoms with Crippen molar-refractivity contribution in [1.82, 2.24) is 20.1 Å². The van der Waals surface area contributed by atoms with Crippen molar-refractivity contribution >= 4 is 11.8 Å². The number of aromatic hydroxyl groups is 1. The second-order valence-electron chi connectivity index (χ2n) is 4.89. The van der Waals surface area contributed by atoms with Gasteiger partial charge >= 0.3 is 0 Å². The lowest BCUT2D eigenvalue weighted by atomic mass is 9.95. The summed E-state index contributed by atoms with van der Waals surface area (Å²) in [6.45, 7) is 4.11. The van der Waals surface area contributed by atoms with E-state index in [2.05, 4.69) is 27.1 Å². The summed E-state index contributed by atoms with van der Waals surface area (Å²) in [5, 5.41) is 17.9. The van der Waals surface area contributed by atoms with Gasteiger partial charge in [-0.25, -0.2) is 0 Å². The standard InChI is InChI=1S/C12H20N4OS/c1-9-11(17)13-12(15-14-9)18-8-5-10-3-6-16(2)7-4-10/h10H,3-8H2,1-2H3,(H,13,15,17). The zero-order valence-corrected chi connectivity index (χ0v) is 11.8. The Balaban J connectivity index is 1.73. The first kappa shape index (κ1) is 13.5. The third-order valence-corrected chi connectivity index (χ3v) is 4.28. The summed E-state index contributed by atoms with van der Waals surface area (Å²) in [7, 11) is 2.18. The second kappa shape index (κ2) is 6.33. The fourth-order valence-corrected chi connectivity index (χ4v) is 2.97. The highest BCUT2D eigenvalue weighted by Gasteiger charge is 2.16. The van der Waals surface area contributed by atoms with Crippen LogP contribution >= 0.6 is 11.8 Å². The van der Waals surface area contributed by atoms with Crippen molar-refractivity contribution in [3.63, 3.8) is 0 Å². The molecular weight excluding hydrogens is 248 g/mol. The van der Waals surface area contributed by atoms with Crippen molar-refractivity contribution in [2.75, 3.05) is 25.9 Å². The van der Waals surface area contributed by atoms with Gasteiger partial charge in [-0.05, 0) is 52.2 Å². The highest BCUT2D eigenvalue weighted by molar-refractivity contribution is 7.99. The van der Waals surface area contributed by atoms with Crippen LogP contribution in [-0.4, -0.2) is 51.1 Å². The molecule has 1 saturated heterocycles. The molecule has 0 atom stereocenters. The lowest BCUT2D eigenvalue weighted by Crippen LogP contribution is -2.30. The van der Waals surface area contributed by atoms with Crippen LogP contribution in [0.5, 0.6) is 5.88 Å². The third-order valence-electron chi connectivity index (χ3n) is 3.41. The van der Waals surface area contributed by atoms with Gasteiger partial charge in [-0.3, -0.25) is 0 Å². The zero-order valence-electron chi connectivity index (χ0n) is 11.0. The molecular formula is C12H20N4OS. The van der Waals surface area contributed by atoms with Crippen LogP contribution < -0.4 is 0 Å². The Kier molecular flexibility index (Phi) is 4.77. The van der Waals surface area contributed by atoms with Gasteiger partial charge in [-0.1, -0.05) is 11.8 Å². The molecule has 5 nitrogen and oxygen atoms in total. The Morgan fingerprint density at radius 2 is 2.06 bits per heavy atom. The first-order chi connectivity index (χ1) is 8.65. The average molecular weight is 268 g/mol. The summed E-state index contributed by atoms with van der Waals surface area (Å²) in [5.74, 6) is 1.81. The summed E-state index contributed by atoms with van der Waals surface area (Å²) in [5.41, 5.74) is 0.481. The largest absolute Gasteiger partial charge is 0.492 e. The van der Waals surface area contributed by atoms with Gasteiger partial charge in [0, 0.05) is 5.75 Å². The van der Waals surface area contributed by atoms with Crippen LogP contribution in [0.4, 0.5) is 0 Å². The molecule has 2 rings (SSSR count). The maximum absolute atomic E-state index is 9.44. The van der Waals surface area contributed by atoms with Crippen molar-refractivity contribution in [3.8, 4) is 5.88 Å². The highest BCUT2D eigenvalue weighted by Crippen LogP contribution is 2.24. The predicted octanol–water partition coefficient (Wildman–Crippen LogP) is 1.71. The fraction of sp³-hybridized carbons (Fsp3) is 0.750. The quantitative estimate of drug-likeness (QED) is 0.839. The minimum Gasteiger partial charge on any atom is -0.492 e. The van der Waals surface area contributed by atoms with Crippen molar-refractivity contribution in [1.29, 1.82) is 0 Å². The number of aryl methyl sites for hydroxylation is 1. The lowest BCUT2D eigenvalue weighted by Gasteiger charge is -2.28. The molecule has 0 radical (unpaired) electrons. The molecule has 1 aromatic heterocycles. The minimum absolute atomic E-state index is 0.00760. The number of piperidine rings is 1. The molecule has 0 aliphatic carbocycles. The zero-order chi connectivity index (χ0) is 13.0. The van der Waals surface area contributed by atoms with Crippen LogP contribution in [0.15, 0.2) is 5.16 Å². The van der Waals surface area contributed by atoms with E-state index in [0.717, 1.165) is 11.7 Å². The maximum atomic E-state index is 9.44. The summed E-state index contributed by atoms with van der Waals surface area (Å²) < 4.78 is 0. The molecule has 1 N–H and O–H groups in total. The van der Waals surface area contributed by atoms with Crippen molar-refractivity contribution < 1.29 is 5.11 Å². The molecule has 1 fully saturated rings. The molecule has 1 aliphatic heterocycles. The molecule has 0 unspecified atom stereocenters. The van der Waals surface area contributed by atoms with E-state index in [1.807, 2.05) is 0 Å². The summed E-state index contributed by atoms with van der Waals surface area (Å²) in [6.07, 6.45) is 3.77. The monoisotopic (exact) mass is 268 g/mol. The lowest BCUT2D eigenvalue weighted by molar-refractivity contribution is 0.217. The van der Waals surface area contributed by atoms with Gasteiger partial charge in [0.15, 0.2) is 0 Å². The molecule has 1 aromatic rings. The Morgan fingerprint density at radius 1 is 1.33 bits per heavy atom. The van der Waals surface area contributed by atoms with Crippen LogP contribution in [0.3, 0.4) is 0 Å². The molecule has 0 aromatic carbocycles. The van der Waals surface area contributed by atoms with E-state index in [0.29, 0.717) is 10.9 Å². The molecule has 6 heteroatoms. The Hall–Kier alpha value is -0.880.